The Labute approximate surface area is 108 Å². The van der Waals surface area contributed by atoms with E-state index in [0.29, 0.717) is 17.8 Å². The standard InChI is InChI=1S/C15H20O3/c1-8-3-4-11-12(8)13-10(9(2)14(16)18-13)5-6-15(11)7-17-15/h9-13H,1,3-7H2,2H3/t9-,10-,11+,12-,13-,15-/m0/s1. The lowest BCUT2D eigenvalue weighted by Gasteiger charge is -2.28. The van der Waals surface area contributed by atoms with Crippen LogP contribution in [0.4, 0.5) is 0 Å². The van der Waals surface area contributed by atoms with Gasteiger partial charge in [0.05, 0.1) is 18.1 Å². The average Bonchev–Trinajstić information content (AvgIpc) is 2.99. The van der Waals surface area contributed by atoms with Gasteiger partial charge in [-0.2, -0.15) is 0 Å². The molecule has 0 N–H and O–H groups in total. The van der Waals surface area contributed by atoms with Gasteiger partial charge in [0.2, 0.25) is 0 Å². The summed E-state index contributed by atoms with van der Waals surface area (Å²) >= 11 is 0. The van der Waals surface area contributed by atoms with Crippen LogP contribution in [-0.4, -0.2) is 24.3 Å². The predicted molar refractivity (Wildman–Crippen MR) is 65.8 cm³/mol. The van der Waals surface area contributed by atoms with Gasteiger partial charge in [0, 0.05) is 17.8 Å². The molecule has 2 saturated carbocycles. The molecule has 0 amide bonds. The Morgan fingerprint density at radius 3 is 2.89 bits per heavy atom. The number of carbonyl (C=O) groups excluding carboxylic acids is 1. The van der Waals surface area contributed by atoms with Crippen LogP contribution in [0, 0.1) is 23.7 Å². The van der Waals surface area contributed by atoms with Crippen LogP contribution in [0.15, 0.2) is 12.2 Å². The van der Waals surface area contributed by atoms with Crippen molar-refractivity contribution in [2.75, 3.05) is 6.61 Å². The fourth-order valence-electron chi connectivity index (χ4n) is 4.61. The average molecular weight is 248 g/mol. The van der Waals surface area contributed by atoms with Crippen LogP contribution in [0.25, 0.3) is 0 Å². The molecule has 1 spiro atoms. The van der Waals surface area contributed by atoms with Gasteiger partial charge in [-0.1, -0.05) is 19.1 Å². The highest BCUT2D eigenvalue weighted by molar-refractivity contribution is 5.75. The first kappa shape index (κ1) is 11.0. The van der Waals surface area contributed by atoms with E-state index < -0.39 is 0 Å². The van der Waals surface area contributed by atoms with E-state index in [1.165, 1.54) is 12.0 Å². The lowest BCUT2D eigenvalue weighted by atomic mass is 9.79. The SMILES string of the molecule is C=C1CC[C@@H]2[C@H]1[C@H]1OC(=O)[C@@H](C)[C@@H]1CC[C@]21CO1. The molecule has 98 valence electrons. The van der Waals surface area contributed by atoms with Crippen LogP contribution >= 0.6 is 0 Å². The van der Waals surface area contributed by atoms with Crippen molar-refractivity contribution < 1.29 is 14.3 Å². The number of carbonyl (C=O) groups is 1. The van der Waals surface area contributed by atoms with Crippen molar-refractivity contribution in [3.8, 4) is 0 Å². The molecule has 18 heavy (non-hydrogen) atoms. The molecule has 6 atom stereocenters. The number of hydrogen-bond donors (Lipinski definition) is 0. The summed E-state index contributed by atoms with van der Waals surface area (Å²) in [6.45, 7) is 7.16. The minimum absolute atomic E-state index is 0.00360. The smallest absolute Gasteiger partial charge is 0.309 e. The summed E-state index contributed by atoms with van der Waals surface area (Å²) in [5.74, 6) is 1.32. The zero-order valence-electron chi connectivity index (χ0n) is 10.9. The van der Waals surface area contributed by atoms with Gasteiger partial charge in [-0.05, 0) is 25.7 Å². The summed E-state index contributed by atoms with van der Waals surface area (Å²) in [7, 11) is 0. The molecule has 2 aliphatic carbocycles. The van der Waals surface area contributed by atoms with Crippen LogP contribution in [0.5, 0.6) is 0 Å². The Bertz CT molecular complexity index is 423. The van der Waals surface area contributed by atoms with E-state index in [9.17, 15) is 4.79 Å². The largest absolute Gasteiger partial charge is 0.461 e. The molecule has 2 aliphatic heterocycles. The predicted octanol–water partition coefficient (Wildman–Crippen LogP) is 2.31. The quantitative estimate of drug-likeness (QED) is 0.375. The first-order chi connectivity index (χ1) is 8.62. The molecule has 3 nitrogen and oxygen atoms in total. The monoisotopic (exact) mass is 248 g/mol. The summed E-state index contributed by atoms with van der Waals surface area (Å²) in [6, 6.07) is 0. The Morgan fingerprint density at radius 1 is 1.39 bits per heavy atom. The van der Waals surface area contributed by atoms with E-state index in [0.717, 1.165) is 25.9 Å². The van der Waals surface area contributed by atoms with Gasteiger partial charge in [-0.3, -0.25) is 4.79 Å². The van der Waals surface area contributed by atoms with E-state index in [1.807, 2.05) is 6.92 Å². The molecule has 0 aromatic carbocycles. The van der Waals surface area contributed by atoms with Crippen LogP contribution < -0.4 is 0 Å². The molecule has 0 unspecified atom stereocenters. The maximum absolute atomic E-state index is 11.8. The van der Waals surface area contributed by atoms with Gasteiger partial charge >= 0.3 is 5.97 Å². The van der Waals surface area contributed by atoms with E-state index in [1.54, 1.807) is 0 Å². The molecule has 4 rings (SSSR count). The molecule has 0 bridgehead atoms. The Kier molecular flexibility index (Phi) is 2.07. The van der Waals surface area contributed by atoms with E-state index in [-0.39, 0.29) is 23.6 Å². The second-order valence-corrected chi connectivity index (χ2v) is 6.58. The van der Waals surface area contributed by atoms with E-state index >= 15 is 0 Å². The maximum atomic E-state index is 11.8. The van der Waals surface area contributed by atoms with Crippen molar-refractivity contribution in [2.45, 2.75) is 44.3 Å². The van der Waals surface area contributed by atoms with Crippen molar-refractivity contribution in [3.63, 3.8) is 0 Å². The summed E-state index contributed by atoms with van der Waals surface area (Å²) in [6.07, 6.45) is 4.49. The van der Waals surface area contributed by atoms with Gasteiger partial charge in [0.1, 0.15) is 6.10 Å². The highest BCUT2D eigenvalue weighted by Gasteiger charge is 2.62. The number of rotatable bonds is 0. The van der Waals surface area contributed by atoms with E-state index in [2.05, 4.69) is 6.58 Å². The Hall–Kier alpha value is -0.830. The maximum Gasteiger partial charge on any atom is 0.309 e. The molecular formula is C15H20O3. The normalized spacial score (nSPS) is 53.9. The Balaban J connectivity index is 1.74. The fourth-order valence-corrected chi connectivity index (χ4v) is 4.61. The number of esters is 1. The van der Waals surface area contributed by atoms with Gasteiger partial charge in [0.15, 0.2) is 0 Å². The second-order valence-electron chi connectivity index (χ2n) is 6.58. The molecule has 4 fully saturated rings. The van der Waals surface area contributed by atoms with Gasteiger partial charge in [-0.25, -0.2) is 0 Å². The number of hydrogen-bond acceptors (Lipinski definition) is 3. The number of epoxide rings is 1. The third kappa shape index (κ3) is 1.26. The minimum Gasteiger partial charge on any atom is -0.461 e. The lowest BCUT2D eigenvalue weighted by Crippen LogP contribution is -2.33. The third-order valence-electron chi connectivity index (χ3n) is 5.82. The fraction of sp³-hybridized carbons (Fsp3) is 0.800. The molecule has 2 heterocycles. The van der Waals surface area contributed by atoms with Crippen molar-refractivity contribution in [1.82, 2.24) is 0 Å². The van der Waals surface area contributed by atoms with Crippen molar-refractivity contribution in [1.29, 1.82) is 0 Å². The lowest BCUT2D eigenvalue weighted by molar-refractivity contribution is -0.145. The van der Waals surface area contributed by atoms with Crippen LogP contribution in [-0.2, 0) is 14.3 Å². The molecule has 0 radical (unpaired) electrons. The molecular weight excluding hydrogens is 228 g/mol. The molecule has 3 heteroatoms. The summed E-state index contributed by atoms with van der Waals surface area (Å²) < 4.78 is 11.5. The zero-order valence-corrected chi connectivity index (χ0v) is 10.9. The molecule has 4 aliphatic rings. The van der Waals surface area contributed by atoms with E-state index in [4.69, 9.17) is 9.47 Å². The van der Waals surface area contributed by atoms with Crippen LogP contribution in [0.3, 0.4) is 0 Å². The van der Waals surface area contributed by atoms with Crippen molar-refractivity contribution in [3.05, 3.63) is 12.2 Å². The minimum atomic E-state index is -0.00360. The summed E-state index contributed by atoms with van der Waals surface area (Å²) in [5, 5.41) is 0. The van der Waals surface area contributed by atoms with Crippen LogP contribution in [0.2, 0.25) is 0 Å². The first-order valence-corrected chi connectivity index (χ1v) is 7.14. The number of ether oxygens (including phenoxy) is 2. The molecule has 2 saturated heterocycles. The molecule has 0 aromatic heterocycles. The van der Waals surface area contributed by atoms with Gasteiger partial charge < -0.3 is 9.47 Å². The van der Waals surface area contributed by atoms with Crippen molar-refractivity contribution >= 4 is 5.97 Å². The highest BCUT2D eigenvalue weighted by atomic mass is 16.6. The molecule has 0 aromatic rings. The third-order valence-corrected chi connectivity index (χ3v) is 5.82. The van der Waals surface area contributed by atoms with Gasteiger partial charge in [0.25, 0.3) is 0 Å². The summed E-state index contributed by atoms with van der Waals surface area (Å²) in [4.78, 5) is 11.8. The topological polar surface area (TPSA) is 38.8 Å². The van der Waals surface area contributed by atoms with Gasteiger partial charge in [-0.15, -0.1) is 0 Å². The van der Waals surface area contributed by atoms with Crippen LogP contribution in [0.1, 0.15) is 32.6 Å². The highest BCUT2D eigenvalue weighted by Crippen LogP contribution is 2.58. The second kappa shape index (κ2) is 3.38. The summed E-state index contributed by atoms with van der Waals surface area (Å²) in [5.41, 5.74) is 1.40. The zero-order chi connectivity index (χ0) is 12.5. The van der Waals surface area contributed by atoms with Crippen molar-refractivity contribution in [2.24, 2.45) is 23.7 Å². The first-order valence-electron chi connectivity index (χ1n) is 7.14. The Morgan fingerprint density at radius 2 is 2.17 bits per heavy atom. The number of fused-ring (bicyclic) bond motifs is 4.